The maximum atomic E-state index is 13.1. The van der Waals surface area contributed by atoms with E-state index >= 15 is 0 Å². The van der Waals surface area contributed by atoms with Crippen LogP contribution in [0.5, 0.6) is 0 Å². The van der Waals surface area contributed by atoms with Crippen LogP contribution >= 0.6 is 0 Å². The Kier molecular flexibility index (Phi) is 21.7. The second kappa shape index (κ2) is 24.3. The summed E-state index contributed by atoms with van der Waals surface area (Å²) in [5.74, 6) is -4.74. The second-order valence-corrected chi connectivity index (χ2v) is 12.4. The normalized spacial score (nSPS) is 11.5. The highest BCUT2D eigenvalue weighted by atomic mass is 16.6. The number of ether oxygens (including phenoxy) is 8. The van der Waals surface area contributed by atoms with Crippen LogP contribution in [0.25, 0.3) is 0 Å². The minimum Gasteiger partial charge on any atom is -0.461 e. The molecule has 18 heteroatoms. The first-order valence-electron chi connectivity index (χ1n) is 16.3. The SMILES string of the molecule is C=C(C)C(=O)OCCNC(=O)OC(COC(=O)C(=C)C)COC(=O)C(=C)CC(C)(C)C(=O)OCC(COC(=O)C(=C)C)OC(=O)NCCOC(=O)C(=C)C. The van der Waals surface area contributed by atoms with E-state index in [0.717, 1.165) is 0 Å². The zero-order valence-electron chi connectivity index (χ0n) is 31.6. The van der Waals surface area contributed by atoms with Crippen molar-refractivity contribution in [2.75, 3.05) is 52.7 Å². The molecule has 0 bridgehead atoms. The summed E-state index contributed by atoms with van der Waals surface area (Å²) in [4.78, 5) is 97.2. The molecule has 0 aliphatic heterocycles. The number of nitrogens with one attached hydrogen (secondary N) is 2. The molecule has 2 atom stereocenters. The largest absolute Gasteiger partial charge is 0.461 e. The third-order valence-electron chi connectivity index (χ3n) is 6.25. The fourth-order valence-corrected chi connectivity index (χ4v) is 3.35. The van der Waals surface area contributed by atoms with Gasteiger partial charge in [0.2, 0.25) is 0 Å². The van der Waals surface area contributed by atoms with E-state index in [1.807, 2.05) is 0 Å². The number of rotatable bonds is 24. The first kappa shape index (κ1) is 48.1. The predicted octanol–water partition coefficient (Wildman–Crippen LogP) is 2.71. The Balaban J connectivity index is 5.31. The zero-order chi connectivity index (χ0) is 41.6. The average molecular weight is 767 g/mol. The molecular formula is C36H50N2O16. The molecule has 0 saturated heterocycles. The molecule has 0 spiro atoms. The molecule has 0 radical (unpaired) electrons. The molecular weight excluding hydrogens is 716 g/mol. The van der Waals surface area contributed by atoms with Crippen molar-refractivity contribution in [2.24, 2.45) is 5.41 Å². The van der Waals surface area contributed by atoms with Crippen LogP contribution in [0, 0.1) is 5.41 Å². The van der Waals surface area contributed by atoms with Crippen molar-refractivity contribution in [1.82, 2.24) is 10.6 Å². The van der Waals surface area contributed by atoms with E-state index < -0.39 is 92.1 Å². The Hall–Kier alpha value is -5.94. The lowest BCUT2D eigenvalue weighted by atomic mass is 9.86. The van der Waals surface area contributed by atoms with Crippen LogP contribution in [0.2, 0.25) is 0 Å². The van der Waals surface area contributed by atoms with Gasteiger partial charge in [0.15, 0.2) is 12.2 Å². The Morgan fingerprint density at radius 2 is 0.815 bits per heavy atom. The van der Waals surface area contributed by atoms with Gasteiger partial charge in [0.25, 0.3) is 0 Å². The smallest absolute Gasteiger partial charge is 0.407 e. The van der Waals surface area contributed by atoms with Crippen LogP contribution in [-0.4, -0.2) is 113 Å². The lowest BCUT2D eigenvalue weighted by molar-refractivity contribution is -0.159. The van der Waals surface area contributed by atoms with Crippen molar-refractivity contribution in [3.8, 4) is 0 Å². The monoisotopic (exact) mass is 766 g/mol. The molecule has 0 saturated carbocycles. The first-order chi connectivity index (χ1) is 25.1. The van der Waals surface area contributed by atoms with Crippen molar-refractivity contribution in [3.05, 3.63) is 60.8 Å². The molecule has 300 valence electrons. The molecule has 2 amide bonds. The van der Waals surface area contributed by atoms with E-state index in [9.17, 15) is 38.4 Å². The summed E-state index contributed by atoms with van der Waals surface area (Å²) in [5, 5.41) is 4.66. The topological polar surface area (TPSA) is 234 Å². The lowest BCUT2D eigenvalue weighted by Crippen LogP contribution is -2.38. The lowest BCUT2D eigenvalue weighted by Gasteiger charge is -2.25. The highest BCUT2D eigenvalue weighted by molar-refractivity contribution is 5.90. The summed E-state index contributed by atoms with van der Waals surface area (Å²) in [6.07, 6.45) is -4.86. The molecule has 0 rings (SSSR count). The number of esters is 6. The summed E-state index contributed by atoms with van der Waals surface area (Å²) in [6.45, 7) is 23.2. The van der Waals surface area contributed by atoms with Crippen LogP contribution in [0.15, 0.2) is 60.8 Å². The van der Waals surface area contributed by atoms with Gasteiger partial charge in [0, 0.05) is 27.9 Å². The van der Waals surface area contributed by atoms with Gasteiger partial charge in [-0.25, -0.2) is 33.6 Å². The molecule has 2 unspecified atom stereocenters. The quantitative estimate of drug-likeness (QED) is 0.0622. The Bertz CT molecular complexity index is 1480. The fourth-order valence-electron chi connectivity index (χ4n) is 3.35. The van der Waals surface area contributed by atoms with Crippen molar-refractivity contribution in [1.29, 1.82) is 0 Å². The van der Waals surface area contributed by atoms with Gasteiger partial charge in [0.05, 0.1) is 18.5 Å². The maximum Gasteiger partial charge on any atom is 0.407 e. The molecule has 54 heavy (non-hydrogen) atoms. The van der Waals surface area contributed by atoms with Gasteiger partial charge in [0.1, 0.15) is 39.6 Å². The highest BCUT2D eigenvalue weighted by Gasteiger charge is 2.34. The van der Waals surface area contributed by atoms with E-state index in [0.29, 0.717) is 0 Å². The van der Waals surface area contributed by atoms with Crippen LogP contribution in [0.1, 0.15) is 48.0 Å². The Labute approximate surface area is 313 Å². The zero-order valence-corrected chi connectivity index (χ0v) is 31.6. The third kappa shape index (κ3) is 20.8. The number of carbonyl (C=O) groups is 8. The van der Waals surface area contributed by atoms with E-state index in [1.54, 1.807) is 0 Å². The van der Waals surface area contributed by atoms with Gasteiger partial charge in [-0.3, -0.25) is 4.79 Å². The van der Waals surface area contributed by atoms with Crippen LogP contribution in [0.3, 0.4) is 0 Å². The molecule has 0 aliphatic rings. The summed E-state index contributed by atoms with van der Waals surface area (Å²) < 4.78 is 40.7. The molecule has 0 aliphatic carbocycles. The van der Waals surface area contributed by atoms with Crippen molar-refractivity contribution >= 4 is 48.0 Å². The highest BCUT2D eigenvalue weighted by Crippen LogP contribution is 2.27. The summed E-state index contributed by atoms with van der Waals surface area (Å²) in [6, 6.07) is 0. The summed E-state index contributed by atoms with van der Waals surface area (Å²) in [5.41, 5.74) is -1.13. The first-order valence-corrected chi connectivity index (χ1v) is 16.3. The number of amides is 2. The number of alkyl carbamates (subject to hydrolysis) is 2. The number of hydrogen-bond donors (Lipinski definition) is 2. The van der Waals surface area contributed by atoms with Crippen molar-refractivity contribution in [2.45, 2.75) is 60.2 Å². The van der Waals surface area contributed by atoms with E-state index in [4.69, 9.17) is 37.9 Å². The van der Waals surface area contributed by atoms with Gasteiger partial charge < -0.3 is 48.5 Å². The van der Waals surface area contributed by atoms with Crippen molar-refractivity contribution in [3.63, 3.8) is 0 Å². The van der Waals surface area contributed by atoms with Crippen LogP contribution in [0.4, 0.5) is 9.59 Å². The fraction of sp³-hybridized carbons (Fsp3) is 0.500. The molecule has 2 N–H and O–H groups in total. The third-order valence-corrected chi connectivity index (χ3v) is 6.25. The van der Waals surface area contributed by atoms with Gasteiger partial charge in [-0.1, -0.05) is 32.9 Å². The molecule has 18 nitrogen and oxygen atoms in total. The van der Waals surface area contributed by atoms with E-state index in [-0.39, 0.29) is 60.6 Å². The van der Waals surface area contributed by atoms with E-state index in [2.05, 4.69) is 43.5 Å². The minimum absolute atomic E-state index is 0.0600. The van der Waals surface area contributed by atoms with E-state index in [1.165, 1.54) is 41.5 Å². The van der Waals surface area contributed by atoms with Gasteiger partial charge in [-0.05, 0) is 48.0 Å². The maximum absolute atomic E-state index is 13.1. The number of hydrogen-bond acceptors (Lipinski definition) is 16. The molecule has 0 heterocycles. The average Bonchev–Trinajstić information content (AvgIpc) is 3.09. The van der Waals surface area contributed by atoms with Gasteiger partial charge in [-0.15, -0.1) is 0 Å². The standard InChI is InChI=1S/C36H50N2O16/c1-21(2)28(39)47-14-12-37-34(45)53-26(17-49-30(41)23(5)6)19-51-32(43)25(9)16-36(10,11)33(44)52-20-27(18-50-31(42)24(7)8)54-35(46)38-13-15-48-29(40)22(3)4/h26-27H,1,3,5,7,9,12-20H2,2,4,6,8,10-11H3,(H,37,45)(H,38,46). The van der Waals surface area contributed by atoms with Crippen LogP contribution < -0.4 is 10.6 Å². The molecule has 0 aromatic carbocycles. The molecule has 0 fully saturated rings. The summed E-state index contributed by atoms with van der Waals surface area (Å²) in [7, 11) is 0. The van der Waals surface area contributed by atoms with Gasteiger partial charge >= 0.3 is 48.0 Å². The second-order valence-electron chi connectivity index (χ2n) is 12.4. The Morgan fingerprint density at radius 1 is 0.500 bits per heavy atom. The minimum atomic E-state index is -1.40. The number of carbonyl (C=O) groups excluding carboxylic acids is 8. The Morgan fingerprint density at radius 3 is 1.17 bits per heavy atom. The molecule has 0 aromatic rings. The van der Waals surface area contributed by atoms with Gasteiger partial charge in [-0.2, -0.15) is 0 Å². The molecule has 0 aromatic heterocycles. The predicted molar refractivity (Wildman–Crippen MR) is 189 cm³/mol. The summed E-state index contributed by atoms with van der Waals surface area (Å²) >= 11 is 0. The van der Waals surface area contributed by atoms with Crippen LogP contribution in [-0.2, 0) is 66.7 Å². The van der Waals surface area contributed by atoms with Crippen molar-refractivity contribution < 1.29 is 76.3 Å².